The summed E-state index contributed by atoms with van der Waals surface area (Å²) >= 11 is 11.2. The summed E-state index contributed by atoms with van der Waals surface area (Å²) in [4.78, 5) is 4.18. The van der Waals surface area contributed by atoms with Gasteiger partial charge in [0.05, 0.1) is 11.6 Å². The molecule has 2 rings (SSSR count). The van der Waals surface area contributed by atoms with Crippen molar-refractivity contribution in [2.75, 3.05) is 18.5 Å². The van der Waals surface area contributed by atoms with Crippen LogP contribution < -0.4 is 15.4 Å². The third-order valence-corrected chi connectivity index (χ3v) is 3.20. The van der Waals surface area contributed by atoms with Crippen LogP contribution in [0.4, 0.5) is 5.82 Å². The SMILES string of the molecule is Cc1ccnc(NC(=S)NCCOc2ccccc2Cl)c1. The predicted octanol–water partition coefficient (Wildman–Crippen LogP) is 3.41. The second-order valence-electron chi connectivity index (χ2n) is 4.38. The largest absolute Gasteiger partial charge is 0.490 e. The molecule has 6 heteroatoms. The zero-order valence-corrected chi connectivity index (χ0v) is 13.2. The first-order valence-corrected chi connectivity index (χ1v) is 7.28. The summed E-state index contributed by atoms with van der Waals surface area (Å²) in [6.07, 6.45) is 1.74. The Morgan fingerprint density at radius 3 is 2.90 bits per heavy atom. The number of nitrogens with one attached hydrogen (secondary N) is 2. The van der Waals surface area contributed by atoms with Crippen LogP contribution in [0.3, 0.4) is 0 Å². The second kappa shape index (κ2) is 7.81. The molecule has 0 aliphatic carbocycles. The lowest BCUT2D eigenvalue weighted by Gasteiger charge is -2.11. The fourth-order valence-electron chi connectivity index (χ4n) is 1.65. The quantitative estimate of drug-likeness (QED) is 0.653. The van der Waals surface area contributed by atoms with Gasteiger partial charge in [0.25, 0.3) is 0 Å². The maximum Gasteiger partial charge on any atom is 0.172 e. The molecule has 1 aromatic heterocycles. The number of rotatable bonds is 5. The van der Waals surface area contributed by atoms with E-state index in [0.29, 0.717) is 29.0 Å². The monoisotopic (exact) mass is 321 g/mol. The minimum absolute atomic E-state index is 0.465. The van der Waals surface area contributed by atoms with Crippen molar-refractivity contribution in [3.05, 3.63) is 53.2 Å². The minimum Gasteiger partial charge on any atom is -0.490 e. The van der Waals surface area contributed by atoms with Gasteiger partial charge >= 0.3 is 0 Å². The second-order valence-corrected chi connectivity index (χ2v) is 5.19. The third kappa shape index (κ3) is 5.21. The molecule has 0 atom stereocenters. The van der Waals surface area contributed by atoms with Crippen LogP contribution in [-0.4, -0.2) is 23.2 Å². The summed E-state index contributed by atoms with van der Waals surface area (Å²) in [6, 6.07) is 11.2. The molecule has 4 nitrogen and oxygen atoms in total. The number of anilines is 1. The first-order valence-electron chi connectivity index (χ1n) is 6.50. The standard InChI is InChI=1S/C15H16ClN3OS/c1-11-6-7-17-14(10-11)19-15(21)18-8-9-20-13-5-3-2-4-12(13)16/h2-7,10H,8-9H2,1H3,(H2,17,18,19,21). The van der Waals surface area contributed by atoms with Crippen molar-refractivity contribution in [2.45, 2.75) is 6.92 Å². The minimum atomic E-state index is 0.465. The lowest BCUT2D eigenvalue weighted by atomic mass is 10.3. The number of para-hydroxylation sites is 1. The Kier molecular flexibility index (Phi) is 5.78. The number of hydrogen-bond donors (Lipinski definition) is 2. The number of hydrogen-bond acceptors (Lipinski definition) is 3. The fraction of sp³-hybridized carbons (Fsp3) is 0.200. The summed E-state index contributed by atoms with van der Waals surface area (Å²) in [5.74, 6) is 1.39. The van der Waals surface area contributed by atoms with Crippen LogP contribution in [0.5, 0.6) is 5.75 Å². The van der Waals surface area contributed by atoms with Gasteiger partial charge in [0.2, 0.25) is 0 Å². The average Bonchev–Trinajstić information content (AvgIpc) is 2.45. The van der Waals surface area contributed by atoms with Crippen LogP contribution >= 0.6 is 23.8 Å². The normalized spacial score (nSPS) is 10.0. The van der Waals surface area contributed by atoms with E-state index >= 15 is 0 Å². The van der Waals surface area contributed by atoms with Gasteiger partial charge in [0.15, 0.2) is 5.11 Å². The van der Waals surface area contributed by atoms with Gasteiger partial charge in [-0.3, -0.25) is 0 Å². The van der Waals surface area contributed by atoms with Crippen LogP contribution in [0.25, 0.3) is 0 Å². The molecule has 0 radical (unpaired) electrons. The maximum absolute atomic E-state index is 6.00. The molecule has 0 aliphatic rings. The first kappa shape index (κ1) is 15.5. The molecule has 0 amide bonds. The summed E-state index contributed by atoms with van der Waals surface area (Å²) in [7, 11) is 0. The Balaban J connectivity index is 1.71. The first-order chi connectivity index (χ1) is 10.1. The molecule has 0 unspecified atom stereocenters. The lowest BCUT2D eigenvalue weighted by molar-refractivity contribution is 0.323. The number of aryl methyl sites for hydroxylation is 1. The molecule has 0 aliphatic heterocycles. The van der Waals surface area contributed by atoms with Crippen LogP contribution in [0.1, 0.15) is 5.56 Å². The number of pyridine rings is 1. The molecule has 0 saturated heterocycles. The van der Waals surface area contributed by atoms with E-state index in [1.165, 1.54) is 0 Å². The number of nitrogens with zero attached hydrogens (tertiary/aromatic N) is 1. The number of halogens is 1. The van der Waals surface area contributed by atoms with Gasteiger partial charge in [-0.15, -0.1) is 0 Å². The topological polar surface area (TPSA) is 46.2 Å². The van der Waals surface area contributed by atoms with Crippen molar-refractivity contribution in [2.24, 2.45) is 0 Å². The van der Waals surface area contributed by atoms with Crippen LogP contribution in [0.15, 0.2) is 42.6 Å². The molecule has 0 bridgehead atoms. The highest BCUT2D eigenvalue weighted by atomic mass is 35.5. The molecule has 2 N–H and O–H groups in total. The van der Waals surface area contributed by atoms with Gasteiger partial charge in [-0.2, -0.15) is 0 Å². The molecule has 2 aromatic rings. The summed E-state index contributed by atoms with van der Waals surface area (Å²) in [5.41, 5.74) is 1.12. The molecule has 0 spiro atoms. The van der Waals surface area contributed by atoms with Crippen LogP contribution in [0.2, 0.25) is 5.02 Å². The van der Waals surface area contributed by atoms with Crippen LogP contribution in [0, 0.1) is 6.92 Å². The fourth-order valence-corrected chi connectivity index (χ4v) is 2.05. The molecule has 1 aromatic carbocycles. The van der Waals surface area contributed by atoms with Gasteiger partial charge < -0.3 is 15.4 Å². The molecular weight excluding hydrogens is 306 g/mol. The van der Waals surface area contributed by atoms with Crippen molar-refractivity contribution in [3.63, 3.8) is 0 Å². The van der Waals surface area contributed by atoms with Crippen LogP contribution in [-0.2, 0) is 0 Å². The van der Waals surface area contributed by atoms with E-state index in [1.54, 1.807) is 12.3 Å². The van der Waals surface area contributed by atoms with Gasteiger partial charge in [0, 0.05) is 6.20 Å². The van der Waals surface area contributed by atoms with Gasteiger partial charge in [-0.25, -0.2) is 4.98 Å². The van der Waals surface area contributed by atoms with E-state index < -0.39 is 0 Å². The molecular formula is C15H16ClN3OS. The Morgan fingerprint density at radius 2 is 2.14 bits per heavy atom. The number of benzene rings is 1. The zero-order chi connectivity index (χ0) is 15.1. The molecule has 21 heavy (non-hydrogen) atoms. The van der Waals surface area contributed by atoms with E-state index in [9.17, 15) is 0 Å². The molecule has 110 valence electrons. The Morgan fingerprint density at radius 1 is 1.33 bits per heavy atom. The van der Waals surface area contributed by atoms with Crippen molar-refractivity contribution < 1.29 is 4.74 Å². The van der Waals surface area contributed by atoms with Gasteiger partial charge in [-0.05, 0) is 49.0 Å². The number of thiocarbonyl (C=S) groups is 1. The van der Waals surface area contributed by atoms with E-state index in [2.05, 4.69) is 15.6 Å². The van der Waals surface area contributed by atoms with E-state index in [1.807, 2.05) is 37.3 Å². The maximum atomic E-state index is 6.00. The Bertz CT molecular complexity index is 621. The lowest BCUT2D eigenvalue weighted by Crippen LogP contribution is -2.32. The van der Waals surface area contributed by atoms with E-state index in [4.69, 9.17) is 28.6 Å². The summed E-state index contributed by atoms with van der Waals surface area (Å²) in [6.45, 7) is 3.04. The average molecular weight is 322 g/mol. The summed E-state index contributed by atoms with van der Waals surface area (Å²) in [5, 5.41) is 7.18. The molecule has 0 saturated carbocycles. The summed E-state index contributed by atoms with van der Waals surface area (Å²) < 4.78 is 5.56. The zero-order valence-electron chi connectivity index (χ0n) is 11.6. The van der Waals surface area contributed by atoms with Gasteiger partial charge in [-0.1, -0.05) is 23.7 Å². The van der Waals surface area contributed by atoms with Crippen molar-refractivity contribution in [3.8, 4) is 5.75 Å². The Labute approximate surface area is 134 Å². The molecule has 0 fully saturated rings. The van der Waals surface area contributed by atoms with E-state index in [0.717, 1.165) is 11.4 Å². The highest BCUT2D eigenvalue weighted by molar-refractivity contribution is 7.80. The smallest absolute Gasteiger partial charge is 0.172 e. The van der Waals surface area contributed by atoms with Crippen molar-refractivity contribution >= 4 is 34.7 Å². The number of ether oxygens (including phenoxy) is 1. The highest BCUT2D eigenvalue weighted by Crippen LogP contribution is 2.22. The van der Waals surface area contributed by atoms with Gasteiger partial charge in [0.1, 0.15) is 18.2 Å². The highest BCUT2D eigenvalue weighted by Gasteiger charge is 2.01. The Hall–Kier alpha value is -1.85. The van der Waals surface area contributed by atoms with Crippen molar-refractivity contribution in [1.29, 1.82) is 0 Å². The number of aromatic nitrogens is 1. The third-order valence-electron chi connectivity index (χ3n) is 2.64. The van der Waals surface area contributed by atoms with E-state index in [-0.39, 0.29) is 0 Å². The van der Waals surface area contributed by atoms with Crippen molar-refractivity contribution in [1.82, 2.24) is 10.3 Å². The predicted molar refractivity (Wildman–Crippen MR) is 90.1 cm³/mol. The molecule has 1 heterocycles.